The highest BCUT2D eigenvalue weighted by molar-refractivity contribution is 7.17. The number of amides is 2. The lowest BCUT2D eigenvalue weighted by Gasteiger charge is -2.27. The third-order valence-electron chi connectivity index (χ3n) is 3.00. The van der Waals surface area contributed by atoms with E-state index in [0.29, 0.717) is 15.5 Å². The molecule has 2 aromatic heterocycles. The van der Waals surface area contributed by atoms with Crippen molar-refractivity contribution in [2.75, 3.05) is 4.90 Å². The minimum atomic E-state index is -1.05. The van der Waals surface area contributed by atoms with Crippen molar-refractivity contribution in [2.45, 2.75) is 52.7 Å². The number of carboxylic acid groups (broad SMARTS) is 1. The van der Waals surface area contributed by atoms with E-state index in [1.807, 2.05) is 0 Å². The summed E-state index contributed by atoms with van der Waals surface area (Å²) in [7, 11) is 0. The molecule has 152 valence electrons. The van der Waals surface area contributed by atoms with Gasteiger partial charge in [0.25, 0.3) is 0 Å². The smallest absolute Gasteiger partial charge is 0.427 e. The molecular weight excluding hydrogens is 386 g/mol. The quantitative estimate of drug-likeness (QED) is 0.764. The molecule has 2 aromatic rings. The van der Waals surface area contributed by atoms with Crippen molar-refractivity contribution < 1.29 is 29.0 Å². The maximum atomic E-state index is 12.6. The highest BCUT2D eigenvalue weighted by Gasteiger charge is 2.34. The molecular formula is C18H23N3O6S. The maximum Gasteiger partial charge on any atom is 0.427 e. The Hall–Kier alpha value is -2.88. The standard InChI is InChI=1S/C18H23N3O6S/c1-17(2,3)26-15(24)21(16(25)27-18(4,5)6)14-19-9-10(20-14)11-7-8-12(28-11)13(22)23/h7-9H,1-6H3,(H,19,20)(H,22,23). The van der Waals surface area contributed by atoms with Gasteiger partial charge in [0, 0.05) is 6.20 Å². The van der Waals surface area contributed by atoms with E-state index >= 15 is 0 Å². The number of carbonyl (C=O) groups excluding carboxylic acids is 2. The second-order valence-corrected chi connectivity index (χ2v) is 8.96. The van der Waals surface area contributed by atoms with E-state index in [1.165, 1.54) is 12.3 Å². The van der Waals surface area contributed by atoms with Crippen molar-refractivity contribution >= 4 is 35.4 Å². The molecule has 0 atom stereocenters. The number of nitrogens with one attached hydrogen (secondary N) is 1. The fourth-order valence-electron chi connectivity index (χ4n) is 2.01. The molecule has 0 saturated heterocycles. The molecule has 0 unspecified atom stereocenters. The summed E-state index contributed by atoms with van der Waals surface area (Å²) in [4.78, 5) is 44.6. The first kappa shape index (κ1) is 21.4. The summed E-state index contributed by atoms with van der Waals surface area (Å²) in [6.45, 7) is 10.0. The van der Waals surface area contributed by atoms with Gasteiger partial charge in [-0.25, -0.2) is 19.4 Å². The molecule has 2 amide bonds. The molecule has 0 bridgehead atoms. The number of anilines is 1. The summed E-state index contributed by atoms with van der Waals surface area (Å²) >= 11 is 1.02. The lowest BCUT2D eigenvalue weighted by molar-refractivity contribution is 0.0426. The molecule has 0 aliphatic heterocycles. The van der Waals surface area contributed by atoms with Crippen LogP contribution in [0.5, 0.6) is 0 Å². The third-order valence-corrected chi connectivity index (χ3v) is 4.09. The minimum Gasteiger partial charge on any atom is -0.477 e. The van der Waals surface area contributed by atoms with Gasteiger partial charge in [0.1, 0.15) is 21.8 Å². The summed E-state index contributed by atoms with van der Waals surface area (Å²) in [6.07, 6.45) is -0.422. The monoisotopic (exact) mass is 409 g/mol. The van der Waals surface area contributed by atoms with Crippen LogP contribution in [0.4, 0.5) is 15.5 Å². The number of H-pyrrole nitrogens is 1. The molecule has 2 N–H and O–H groups in total. The highest BCUT2D eigenvalue weighted by Crippen LogP contribution is 2.29. The van der Waals surface area contributed by atoms with Crippen molar-refractivity contribution in [2.24, 2.45) is 0 Å². The Morgan fingerprint density at radius 1 is 1.04 bits per heavy atom. The first-order valence-electron chi connectivity index (χ1n) is 8.42. The second-order valence-electron chi connectivity index (χ2n) is 7.87. The van der Waals surface area contributed by atoms with Gasteiger partial charge in [-0.05, 0) is 53.7 Å². The van der Waals surface area contributed by atoms with Gasteiger partial charge in [-0.2, -0.15) is 0 Å². The summed E-state index contributed by atoms with van der Waals surface area (Å²) in [5, 5.41) is 9.05. The van der Waals surface area contributed by atoms with Crippen LogP contribution in [0.15, 0.2) is 18.3 Å². The molecule has 9 nitrogen and oxygen atoms in total. The minimum absolute atomic E-state index is 0.0937. The van der Waals surface area contributed by atoms with E-state index in [2.05, 4.69) is 9.97 Å². The van der Waals surface area contributed by atoms with Crippen molar-refractivity contribution in [1.29, 1.82) is 0 Å². The van der Waals surface area contributed by atoms with Gasteiger partial charge in [0.2, 0.25) is 5.95 Å². The number of rotatable bonds is 3. The summed E-state index contributed by atoms with van der Waals surface area (Å²) in [6, 6.07) is 3.05. The molecule has 2 heterocycles. The Kier molecular flexibility index (Phi) is 5.83. The first-order chi connectivity index (χ1) is 12.8. The third kappa shape index (κ3) is 5.56. The van der Waals surface area contributed by atoms with Crippen molar-refractivity contribution in [3.05, 3.63) is 23.2 Å². The van der Waals surface area contributed by atoms with Crippen molar-refractivity contribution in [3.8, 4) is 10.6 Å². The number of hydrogen-bond acceptors (Lipinski definition) is 7. The SMILES string of the molecule is CC(C)(C)OC(=O)N(C(=O)OC(C)(C)C)c1nc(-c2ccc(C(=O)O)s2)c[nH]1. The Balaban J connectivity index is 2.37. The van der Waals surface area contributed by atoms with Gasteiger partial charge < -0.3 is 19.6 Å². The van der Waals surface area contributed by atoms with Crippen LogP contribution in [0.3, 0.4) is 0 Å². The molecule has 0 radical (unpaired) electrons. The zero-order valence-electron chi connectivity index (χ0n) is 16.5. The number of aromatic nitrogens is 2. The van der Waals surface area contributed by atoms with Crippen LogP contribution in [0.25, 0.3) is 10.6 Å². The Bertz CT molecular complexity index is 860. The van der Waals surface area contributed by atoms with Crippen LogP contribution in [0.1, 0.15) is 51.2 Å². The summed E-state index contributed by atoms with van der Waals surface area (Å²) in [5.41, 5.74) is -1.29. The first-order valence-corrected chi connectivity index (χ1v) is 9.23. The van der Waals surface area contributed by atoms with Gasteiger partial charge in [-0.3, -0.25) is 0 Å². The number of imidazole rings is 1. The zero-order chi connectivity index (χ0) is 21.3. The Morgan fingerprint density at radius 3 is 2.00 bits per heavy atom. The predicted molar refractivity (Wildman–Crippen MR) is 104 cm³/mol. The highest BCUT2D eigenvalue weighted by atomic mass is 32.1. The molecule has 28 heavy (non-hydrogen) atoms. The van der Waals surface area contributed by atoms with E-state index in [1.54, 1.807) is 47.6 Å². The number of thiophene rings is 1. The molecule has 0 aliphatic carbocycles. The summed E-state index contributed by atoms with van der Waals surface area (Å²) in [5.74, 6) is -1.14. The van der Waals surface area contributed by atoms with Crippen molar-refractivity contribution in [1.82, 2.24) is 9.97 Å². The van der Waals surface area contributed by atoms with Gasteiger partial charge in [-0.1, -0.05) is 0 Å². The number of nitrogens with zero attached hydrogens (tertiary/aromatic N) is 2. The van der Waals surface area contributed by atoms with Crippen LogP contribution in [-0.2, 0) is 9.47 Å². The summed E-state index contributed by atoms with van der Waals surface area (Å²) < 4.78 is 10.6. The van der Waals surface area contributed by atoms with E-state index in [4.69, 9.17) is 14.6 Å². The Morgan fingerprint density at radius 2 is 1.57 bits per heavy atom. The number of imide groups is 1. The molecule has 2 rings (SSSR count). The van der Waals surface area contributed by atoms with E-state index < -0.39 is 29.4 Å². The molecule has 0 aliphatic rings. The predicted octanol–water partition coefficient (Wildman–Crippen LogP) is 4.51. The molecule has 0 saturated carbocycles. The largest absolute Gasteiger partial charge is 0.477 e. The number of aromatic carboxylic acids is 1. The number of carbonyl (C=O) groups is 3. The van der Waals surface area contributed by atoms with Crippen molar-refractivity contribution in [3.63, 3.8) is 0 Å². The lowest BCUT2D eigenvalue weighted by atomic mass is 10.2. The van der Waals surface area contributed by atoms with E-state index in [9.17, 15) is 14.4 Å². The maximum absolute atomic E-state index is 12.6. The zero-order valence-corrected chi connectivity index (χ0v) is 17.3. The molecule has 10 heteroatoms. The van der Waals surface area contributed by atoms with Gasteiger partial charge in [0.15, 0.2) is 0 Å². The van der Waals surface area contributed by atoms with E-state index in [-0.39, 0.29) is 10.8 Å². The molecule has 0 aromatic carbocycles. The topological polar surface area (TPSA) is 122 Å². The average molecular weight is 409 g/mol. The lowest BCUT2D eigenvalue weighted by Crippen LogP contribution is -2.44. The van der Waals surface area contributed by atoms with Gasteiger partial charge >= 0.3 is 18.2 Å². The number of hydrogen-bond donors (Lipinski definition) is 2. The molecule has 0 spiro atoms. The van der Waals surface area contributed by atoms with Crippen LogP contribution in [-0.4, -0.2) is 44.4 Å². The van der Waals surface area contributed by atoms with Gasteiger partial charge in [0.05, 0.1) is 4.88 Å². The number of carboxylic acids is 1. The number of ether oxygens (including phenoxy) is 2. The Labute approximate surface area is 166 Å². The average Bonchev–Trinajstić information content (AvgIpc) is 3.11. The van der Waals surface area contributed by atoms with Crippen LogP contribution in [0.2, 0.25) is 0 Å². The van der Waals surface area contributed by atoms with E-state index in [0.717, 1.165) is 11.3 Å². The van der Waals surface area contributed by atoms with Crippen LogP contribution >= 0.6 is 11.3 Å². The second kappa shape index (κ2) is 7.63. The fraction of sp³-hybridized carbons (Fsp3) is 0.444. The normalized spacial score (nSPS) is 11.8. The fourth-order valence-corrected chi connectivity index (χ4v) is 2.81. The number of aromatic amines is 1. The molecule has 0 fully saturated rings. The van der Waals surface area contributed by atoms with Crippen LogP contribution in [0, 0.1) is 0 Å². The van der Waals surface area contributed by atoms with Crippen LogP contribution < -0.4 is 4.90 Å². The van der Waals surface area contributed by atoms with Gasteiger partial charge in [-0.15, -0.1) is 16.2 Å².